The number of ketones is 1. The zero-order valence-electron chi connectivity index (χ0n) is 12.8. The van der Waals surface area contributed by atoms with E-state index in [1.165, 1.54) is 0 Å². The van der Waals surface area contributed by atoms with Gasteiger partial charge >= 0.3 is 0 Å². The molecule has 108 valence electrons. The second-order valence-corrected chi connectivity index (χ2v) is 5.32. The monoisotopic (exact) mass is 273 g/mol. The van der Waals surface area contributed by atoms with Crippen LogP contribution in [0.1, 0.15) is 33.6 Å². The van der Waals surface area contributed by atoms with Gasteiger partial charge in [-0.05, 0) is 43.5 Å². The van der Waals surface area contributed by atoms with Crippen LogP contribution >= 0.6 is 0 Å². The lowest BCUT2D eigenvalue weighted by Crippen LogP contribution is -2.33. The minimum Gasteiger partial charge on any atom is -0.497 e. The van der Waals surface area contributed by atoms with Crippen LogP contribution in [0.2, 0.25) is 0 Å². The SMILES string of the molecule is CCC(=O)C1=C(C)N(c2ccc(OC)cc2)CCC1C. The average Bonchev–Trinajstić information content (AvgIpc) is 2.47. The number of anilines is 1. The van der Waals surface area contributed by atoms with E-state index in [2.05, 4.69) is 18.7 Å². The summed E-state index contributed by atoms with van der Waals surface area (Å²) in [5.41, 5.74) is 3.21. The zero-order chi connectivity index (χ0) is 14.7. The van der Waals surface area contributed by atoms with Gasteiger partial charge in [0, 0.05) is 29.9 Å². The van der Waals surface area contributed by atoms with Gasteiger partial charge in [-0.15, -0.1) is 0 Å². The van der Waals surface area contributed by atoms with E-state index >= 15 is 0 Å². The average molecular weight is 273 g/mol. The van der Waals surface area contributed by atoms with Gasteiger partial charge in [-0.3, -0.25) is 4.79 Å². The van der Waals surface area contributed by atoms with Gasteiger partial charge in [-0.1, -0.05) is 13.8 Å². The van der Waals surface area contributed by atoms with Gasteiger partial charge in [-0.25, -0.2) is 0 Å². The van der Waals surface area contributed by atoms with Crippen molar-refractivity contribution in [1.29, 1.82) is 0 Å². The maximum absolute atomic E-state index is 12.2. The van der Waals surface area contributed by atoms with Crippen LogP contribution in [0, 0.1) is 5.92 Å². The molecular formula is C17H23NO2. The summed E-state index contributed by atoms with van der Waals surface area (Å²) in [7, 11) is 1.67. The predicted octanol–water partition coefficient (Wildman–Crippen LogP) is 3.79. The molecular weight excluding hydrogens is 250 g/mol. The molecule has 1 unspecified atom stereocenters. The summed E-state index contributed by atoms with van der Waals surface area (Å²) in [6.45, 7) is 7.10. The van der Waals surface area contributed by atoms with Crippen LogP contribution in [0.4, 0.5) is 5.69 Å². The summed E-state index contributed by atoms with van der Waals surface area (Å²) in [6, 6.07) is 8.02. The Hall–Kier alpha value is -1.77. The third-order valence-electron chi connectivity index (χ3n) is 4.08. The quantitative estimate of drug-likeness (QED) is 0.835. The summed E-state index contributed by atoms with van der Waals surface area (Å²) in [5, 5.41) is 0. The molecule has 0 spiro atoms. The number of carbonyl (C=O) groups excluding carboxylic acids is 1. The number of carbonyl (C=O) groups is 1. The van der Waals surface area contributed by atoms with Crippen LogP contribution < -0.4 is 9.64 Å². The number of Topliss-reactive ketones (excluding diaryl/α,β-unsaturated/α-hetero) is 1. The Morgan fingerprint density at radius 2 is 2.00 bits per heavy atom. The third-order valence-corrected chi connectivity index (χ3v) is 4.08. The normalized spacial score (nSPS) is 19.2. The fourth-order valence-electron chi connectivity index (χ4n) is 2.89. The molecule has 0 saturated carbocycles. The number of methoxy groups -OCH3 is 1. The Bertz CT molecular complexity index is 516. The molecule has 1 aliphatic heterocycles. The van der Waals surface area contributed by atoms with Crippen LogP contribution in [0.15, 0.2) is 35.5 Å². The first-order valence-corrected chi connectivity index (χ1v) is 7.24. The summed E-state index contributed by atoms with van der Waals surface area (Å²) in [6.07, 6.45) is 1.60. The van der Waals surface area contributed by atoms with Crippen LogP contribution in [-0.4, -0.2) is 19.4 Å². The highest BCUT2D eigenvalue weighted by atomic mass is 16.5. The van der Waals surface area contributed by atoms with Gasteiger partial charge in [0.25, 0.3) is 0 Å². The van der Waals surface area contributed by atoms with Crippen molar-refractivity contribution in [1.82, 2.24) is 0 Å². The lowest BCUT2D eigenvalue weighted by molar-refractivity contribution is -0.115. The number of hydrogen-bond acceptors (Lipinski definition) is 3. The van der Waals surface area contributed by atoms with E-state index < -0.39 is 0 Å². The Morgan fingerprint density at radius 3 is 2.55 bits per heavy atom. The highest BCUT2D eigenvalue weighted by Gasteiger charge is 2.27. The second-order valence-electron chi connectivity index (χ2n) is 5.32. The van der Waals surface area contributed by atoms with Gasteiger partial charge in [0.05, 0.1) is 7.11 Å². The number of hydrogen-bond donors (Lipinski definition) is 0. The molecule has 0 aromatic heterocycles. The van der Waals surface area contributed by atoms with Crippen molar-refractivity contribution >= 4 is 11.5 Å². The fraction of sp³-hybridized carbons (Fsp3) is 0.471. The molecule has 3 heteroatoms. The van der Waals surface area contributed by atoms with Crippen LogP contribution in [0.25, 0.3) is 0 Å². The molecule has 1 aliphatic rings. The van der Waals surface area contributed by atoms with E-state index in [1.54, 1.807) is 7.11 Å². The lowest BCUT2D eigenvalue weighted by atomic mass is 9.87. The summed E-state index contributed by atoms with van der Waals surface area (Å²) < 4.78 is 5.19. The largest absolute Gasteiger partial charge is 0.497 e. The Kier molecular flexibility index (Phi) is 4.48. The smallest absolute Gasteiger partial charge is 0.160 e. The minimum absolute atomic E-state index is 0.271. The molecule has 1 atom stereocenters. The lowest BCUT2D eigenvalue weighted by Gasteiger charge is -2.35. The molecule has 0 radical (unpaired) electrons. The van der Waals surface area contributed by atoms with Crippen molar-refractivity contribution in [3.8, 4) is 5.75 Å². The predicted molar refractivity (Wildman–Crippen MR) is 82.1 cm³/mol. The van der Waals surface area contributed by atoms with E-state index in [0.29, 0.717) is 12.3 Å². The van der Waals surface area contributed by atoms with E-state index in [9.17, 15) is 4.79 Å². The van der Waals surface area contributed by atoms with Gasteiger partial charge in [0.15, 0.2) is 5.78 Å². The zero-order valence-corrected chi connectivity index (χ0v) is 12.8. The maximum Gasteiger partial charge on any atom is 0.160 e. The third kappa shape index (κ3) is 2.72. The fourth-order valence-corrected chi connectivity index (χ4v) is 2.89. The molecule has 0 saturated heterocycles. The molecule has 1 heterocycles. The van der Waals surface area contributed by atoms with Crippen molar-refractivity contribution in [2.45, 2.75) is 33.6 Å². The molecule has 0 N–H and O–H groups in total. The molecule has 0 aliphatic carbocycles. The van der Waals surface area contributed by atoms with E-state index in [1.807, 2.05) is 31.2 Å². The van der Waals surface area contributed by atoms with Crippen molar-refractivity contribution in [2.75, 3.05) is 18.6 Å². The summed E-state index contributed by atoms with van der Waals surface area (Å²) in [5.74, 6) is 1.48. The summed E-state index contributed by atoms with van der Waals surface area (Å²) >= 11 is 0. The number of ether oxygens (including phenoxy) is 1. The van der Waals surface area contributed by atoms with E-state index in [-0.39, 0.29) is 5.78 Å². The Balaban J connectivity index is 2.36. The first-order valence-electron chi connectivity index (χ1n) is 7.24. The van der Waals surface area contributed by atoms with E-state index in [4.69, 9.17) is 4.74 Å². The van der Waals surface area contributed by atoms with Crippen molar-refractivity contribution < 1.29 is 9.53 Å². The molecule has 1 aromatic carbocycles. The van der Waals surface area contributed by atoms with Crippen molar-refractivity contribution in [3.63, 3.8) is 0 Å². The van der Waals surface area contributed by atoms with Crippen LogP contribution in [-0.2, 0) is 4.79 Å². The molecule has 0 amide bonds. The number of allylic oxidation sites excluding steroid dienone is 2. The molecule has 0 fully saturated rings. The number of benzene rings is 1. The van der Waals surface area contributed by atoms with Crippen molar-refractivity contribution in [2.24, 2.45) is 5.92 Å². The topological polar surface area (TPSA) is 29.5 Å². The maximum atomic E-state index is 12.2. The van der Waals surface area contributed by atoms with Gasteiger partial charge in [-0.2, -0.15) is 0 Å². The molecule has 1 aromatic rings. The first-order chi connectivity index (χ1) is 9.58. The van der Waals surface area contributed by atoms with Crippen molar-refractivity contribution in [3.05, 3.63) is 35.5 Å². The van der Waals surface area contributed by atoms with Crippen LogP contribution in [0.5, 0.6) is 5.75 Å². The Labute approximate surface area is 121 Å². The molecule has 3 nitrogen and oxygen atoms in total. The van der Waals surface area contributed by atoms with E-state index in [0.717, 1.165) is 35.7 Å². The highest BCUT2D eigenvalue weighted by Crippen LogP contribution is 2.33. The molecule has 2 rings (SSSR count). The number of nitrogens with zero attached hydrogens (tertiary/aromatic N) is 1. The molecule has 0 bridgehead atoms. The highest BCUT2D eigenvalue weighted by molar-refractivity contribution is 5.97. The Morgan fingerprint density at radius 1 is 1.35 bits per heavy atom. The second kappa shape index (κ2) is 6.12. The summed E-state index contributed by atoms with van der Waals surface area (Å²) in [4.78, 5) is 14.4. The number of rotatable bonds is 4. The van der Waals surface area contributed by atoms with Gasteiger partial charge in [0.1, 0.15) is 5.75 Å². The van der Waals surface area contributed by atoms with Gasteiger partial charge < -0.3 is 9.64 Å². The molecule has 20 heavy (non-hydrogen) atoms. The standard InChI is InChI=1S/C17H23NO2/c1-5-16(19)17-12(2)10-11-18(13(17)3)14-6-8-15(20-4)9-7-14/h6-9,12H,5,10-11H2,1-4H3. The minimum atomic E-state index is 0.271. The van der Waals surface area contributed by atoms with Gasteiger partial charge in [0.2, 0.25) is 0 Å². The van der Waals surface area contributed by atoms with Crippen LogP contribution in [0.3, 0.4) is 0 Å². The first kappa shape index (κ1) is 14.6.